The number of nitrogens with one attached hydrogen (secondary N) is 1. The molecule has 0 amide bonds. The Hall–Kier alpha value is -3.14. The van der Waals surface area contributed by atoms with E-state index in [0.717, 1.165) is 15.9 Å². The van der Waals surface area contributed by atoms with Crippen LogP contribution in [0.2, 0.25) is 0 Å². The minimum Gasteiger partial charge on any atom is -0.338 e. The lowest BCUT2D eigenvalue weighted by Gasteiger charge is -2.25. The van der Waals surface area contributed by atoms with Crippen molar-refractivity contribution >= 4 is 27.2 Å². The van der Waals surface area contributed by atoms with Gasteiger partial charge in [-0.3, -0.25) is 9.29 Å². The van der Waals surface area contributed by atoms with E-state index >= 15 is 0 Å². The fourth-order valence-electron chi connectivity index (χ4n) is 3.41. The number of hydrogen-bond donors (Lipinski definition) is 1. The van der Waals surface area contributed by atoms with Crippen molar-refractivity contribution in [3.8, 4) is 0 Å². The molecule has 1 aliphatic heterocycles. The van der Waals surface area contributed by atoms with Gasteiger partial charge < -0.3 is 5.32 Å². The molecule has 2 aromatic heterocycles. The van der Waals surface area contributed by atoms with Crippen LogP contribution in [0.25, 0.3) is 0 Å². The van der Waals surface area contributed by atoms with E-state index in [1.165, 1.54) is 36.7 Å². The van der Waals surface area contributed by atoms with Crippen LogP contribution in [0.5, 0.6) is 0 Å². The first-order valence-corrected chi connectivity index (χ1v) is 11.2. The molecule has 6 nitrogen and oxygen atoms in total. The molecule has 0 unspecified atom stereocenters. The number of halogens is 3. The quantitative estimate of drug-likeness (QED) is 0.563. The Bertz CT molecular complexity index is 1270. The van der Waals surface area contributed by atoms with Crippen molar-refractivity contribution in [1.82, 2.24) is 9.97 Å². The number of fused-ring (bicyclic) bond motifs is 2. The highest BCUT2D eigenvalue weighted by Crippen LogP contribution is 2.39. The van der Waals surface area contributed by atoms with Crippen molar-refractivity contribution < 1.29 is 21.6 Å². The van der Waals surface area contributed by atoms with Crippen LogP contribution < -0.4 is 9.62 Å². The van der Waals surface area contributed by atoms with Gasteiger partial charge in [-0.15, -0.1) is 0 Å². The molecule has 10 heteroatoms. The molecule has 1 N–H and O–H groups in total. The molecule has 0 saturated carbocycles. The number of pyridine rings is 2. The predicted octanol–water partition coefficient (Wildman–Crippen LogP) is 5.25. The Morgan fingerprint density at radius 2 is 1.69 bits per heavy atom. The number of anilines is 3. The zero-order valence-electron chi connectivity index (χ0n) is 17.6. The summed E-state index contributed by atoms with van der Waals surface area (Å²) in [7, 11) is -4.04. The Labute approximate surface area is 184 Å². The molecule has 0 atom stereocenters. The molecule has 0 saturated heterocycles. The highest BCUT2D eigenvalue weighted by Gasteiger charge is 2.35. The second-order valence-corrected chi connectivity index (χ2v) is 10.4. The molecule has 3 heterocycles. The summed E-state index contributed by atoms with van der Waals surface area (Å²) in [6.45, 7) is 5.88. The van der Waals surface area contributed by atoms with Gasteiger partial charge in [-0.1, -0.05) is 39.0 Å². The number of aromatic nitrogens is 2. The lowest BCUT2D eigenvalue weighted by Crippen LogP contribution is -2.30. The number of benzene rings is 1. The molecule has 168 valence electrons. The minimum absolute atomic E-state index is 0.0481. The summed E-state index contributed by atoms with van der Waals surface area (Å²) in [5, 5.41) is 2.84. The van der Waals surface area contributed by atoms with Gasteiger partial charge in [0.15, 0.2) is 0 Å². The third kappa shape index (κ3) is 4.02. The molecule has 0 radical (unpaired) electrons. The minimum atomic E-state index is -4.62. The normalized spacial score (nSPS) is 14.2. The monoisotopic (exact) mass is 462 g/mol. The van der Waals surface area contributed by atoms with Crippen LogP contribution in [0.15, 0.2) is 59.8 Å². The summed E-state index contributed by atoms with van der Waals surface area (Å²) in [4.78, 5) is 7.78. The van der Waals surface area contributed by atoms with Crippen molar-refractivity contribution in [3.05, 3.63) is 71.7 Å². The highest BCUT2D eigenvalue weighted by molar-refractivity contribution is 7.92. The standard InChI is InChI=1S/C22H21F3N4O2S/c1-21(2,3)15-5-7-16(8-6-15)32(30,31)29-13-14-4-9-19(22(23,24)25)28-20(14)27-17-10-11-26-12-18(17)29/h4-12H,13H2,1-3H3,(H,27,28). The van der Waals surface area contributed by atoms with E-state index in [1.54, 1.807) is 12.1 Å². The Morgan fingerprint density at radius 3 is 2.31 bits per heavy atom. The van der Waals surface area contributed by atoms with Crippen LogP contribution in [0.3, 0.4) is 0 Å². The molecule has 4 rings (SSSR count). The summed E-state index contributed by atoms with van der Waals surface area (Å²) in [6.07, 6.45) is -1.84. The first kappa shape index (κ1) is 22.1. The Balaban J connectivity index is 1.82. The molecule has 0 bridgehead atoms. The number of hydrogen-bond acceptors (Lipinski definition) is 5. The molecule has 0 aliphatic carbocycles. The third-order valence-electron chi connectivity index (χ3n) is 5.21. The topological polar surface area (TPSA) is 75.2 Å². The first-order chi connectivity index (χ1) is 14.9. The lowest BCUT2D eigenvalue weighted by atomic mass is 9.87. The summed E-state index contributed by atoms with van der Waals surface area (Å²) in [5.74, 6) is -0.0481. The first-order valence-electron chi connectivity index (χ1n) is 9.79. The van der Waals surface area contributed by atoms with Crippen molar-refractivity contribution in [2.75, 3.05) is 9.62 Å². The van der Waals surface area contributed by atoms with Crippen LogP contribution in [-0.4, -0.2) is 18.4 Å². The average Bonchev–Trinajstić information content (AvgIpc) is 2.89. The summed E-state index contributed by atoms with van der Waals surface area (Å²) < 4.78 is 67.7. The van der Waals surface area contributed by atoms with Crippen molar-refractivity contribution in [3.63, 3.8) is 0 Å². The summed E-state index contributed by atoms with van der Waals surface area (Å²) in [5.41, 5.74) is 0.591. The van der Waals surface area contributed by atoms with Gasteiger partial charge in [0.2, 0.25) is 0 Å². The van der Waals surface area contributed by atoms with E-state index < -0.39 is 21.9 Å². The molecule has 1 aliphatic rings. The van der Waals surface area contributed by atoms with Gasteiger partial charge in [-0.05, 0) is 35.2 Å². The average molecular weight is 462 g/mol. The fourth-order valence-corrected chi connectivity index (χ4v) is 4.86. The molecular formula is C22H21F3N4O2S. The summed E-state index contributed by atoms with van der Waals surface area (Å²) in [6, 6.07) is 10.2. The summed E-state index contributed by atoms with van der Waals surface area (Å²) >= 11 is 0. The van der Waals surface area contributed by atoms with Gasteiger partial charge >= 0.3 is 6.18 Å². The molecule has 0 fully saturated rings. The lowest BCUT2D eigenvalue weighted by molar-refractivity contribution is -0.141. The van der Waals surface area contributed by atoms with Crippen molar-refractivity contribution in [2.24, 2.45) is 0 Å². The zero-order chi connectivity index (χ0) is 23.3. The van der Waals surface area contributed by atoms with E-state index in [1.807, 2.05) is 20.8 Å². The molecular weight excluding hydrogens is 441 g/mol. The smallest absolute Gasteiger partial charge is 0.338 e. The maximum atomic E-state index is 13.6. The second kappa shape index (κ2) is 7.47. The van der Waals surface area contributed by atoms with E-state index in [0.29, 0.717) is 11.3 Å². The number of rotatable bonds is 2. The number of alkyl halides is 3. The maximum Gasteiger partial charge on any atom is 0.433 e. The van der Waals surface area contributed by atoms with Gasteiger partial charge in [-0.25, -0.2) is 13.4 Å². The van der Waals surface area contributed by atoms with E-state index in [4.69, 9.17) is 0 Å². The maximum absolute atomic E-state index is 13.6. The Morgan fingerprint density at radius 1 is 1.00 bits per heavy atom. The SMILES string of the molecule is CC(C)(C)c1ccc(S(=O)(=O)N2Cc3ccc(C(F)(F)F)nc3Nc3ccncc32)cc1. The second-order valence-electron chi connectivity index (χ2n) is 8.51. The Kier molecular flexibility index (Phi) is 5.15. The van der Waals surface area contributed by atoms with Crippen LogP contribution in [0.4, 0.5) is 30.4 Å². The van der Waals surface area contributed by atoms with E-state index in [9.17, 15) is 21.6 Å². The van der Waals surface area contributed by atoms with Crippen molar-refractivity contribution in [1.29, 1.82) is 0 Å². The number of nitrogens with zero attached hydrogens (tertiary/aromatic N) is 3. The zero-order valence-corrected chi connectivity index (χ0v) is 18.4. The van der Waals surface area contributed by atoms with Crippen LogP contribution in [0, 0.1) is 0 Å². The van der Waals surface area contributed by atoms with Crippen LogP contribution in [0.1, 0.15) is 37.6 Å². The highest BCUT2D eigenvalue weighted by atomic mass is 32.2. The van der Waals surface area contributed by atoms with Gasteiger partial charge in [0.1, 0.15) is 11.5 Å². The largest absolute Gasteiger partial charge is 0.433 e. The van der Waals surface area contributed by atoms with Gasteiger partial charge in [0, 0.05) is 11.8 Å². The van der Waals surface area contributed by atoms with Gasteiger partial charge in [0.25, 0.3) is 10.0 Å². The van der Waals surface area contributed by atoms with Crippen LogP contribution in [-0.2, 0) is 28.2 Å². The van der Waals surface area contributed by atoms with Crippen LogP contribution >= 0.6 is 0 Å². The molecule has 3 aromatic rings. The van der Waals surface area contributed by atoms with Gasteiger partial charge in [0.05, 0.1) is 29.0 Å². The van der Waals surface area contributed by atoms with E-state index in [-0.39, 0.29) is 28.4 Å². The van der Waals surface area contributed by atoms with Gasteiger partial charge in [-0.2, -0.15) is 13.2 Å². The molecule has 32 heavy (non-hydrogen) atoms. The fraction of sp³-hybridized carbons (Fsp3) is 0.273. The van der Waals surface area contributed by atoms with E-state index in [2.05, 4.69) is 15.3 Å². The third-order valence-corrected chi connectivity index (χ3v) is 6.99. The number of sulfonamides is 1. The molecule has 1 aromatic carbocycles. The predicted molar refractivity (Wildman–Crippen MR) is 115 cm³/mol. The van der Waals surface area contributed by atoms with Crippen molar-refractivity contribution in [2.45, 2.75) is 43.8 Å². The molecule has 0 spiro atoms.